The Labute approximate surface area is 61.5 Å². The van der Waals surface area contributed by atoms with Gasteiger partial charge < -0.3 is 9.47 Å². The van der Waals surface area contributed by atoms with E-state index in [9.17, 15) is 0 Å². The van der Waals surface area contributed by atoms with Crippen LogP contribution in [0.5, 0.6) is 0 Å². The van der Waals surface area contributed by atoms with Crippen LogP contribution in [0.25, 0.3) is 0 Å². The molecule has 1 rings (SSSR count). The smallest absolute Gasteiger partial charge is 0.107 e. The monoisotopic (exact) mass is 140 g/mol. The largest absolute Gasteiger partial charge is 0.376 e. The van der Waals surface area contributed by atoms with Crippen LogP contribution >= 0.6 is 0 Å². The van der Waals surface area contributed by atoms with Gasteiger partial charge in [0, 0.05) is 6.61 Å². The van der Waals surface area contributed by atoms with Gasteiger partial charge >= 0.3 is 0 Å². The maximum absolute atomic E-state index is 5.18. The minimum atomic E-state index is 0.346. The zero-order valence-electron chi connectivity index (χ0n) is 6.22. The first-order valence-corrected chi connectivity index (χ1v) is 3.52. The quantitative estimate of drug-likeness (QED) is 0.426. The fourth-order valence-electron chi connectivity index (χ4n) is 0.730. The zero-order valence-corrected chi connectivity index (χ0v) is 6.22. The van der Waals surface area contributed by atoms with Gasteiger partial charge in [-0.05, 0) is 13.3 Å². The van der Waals surface area contributed by atoms with Crippen LogP contribution in [0.15, 0.2) is 0 Å². The predicted octanol–water partition coefficient (Wildman–Crippen LogP) is 0.815. The van der Waals surface area contributed by atoms with Gasteiger partial charge in [-0.25, -0.2) is 0 Å². The minimum absolute atomic E-state index is 0.346. The van der Waals surface area contributed by atoms with Crippen molar-refractivity contribution in [1.82, 2.24) is 0 Å². The molecule has 0 spiro atoms. The van der Waals surface area contributed by atoms with E-state index in [0.717, 1.165) is 13.0 Å². The normalized spacial score (nSPS) is 22.7. The van der Waals surface area contributed by atoms with E-state index in [-0.39, 0.29) is 0 Å². The zero-order chi connectivity index (χ0) is 7.23. The molecule has 2 heteroatoms. The Kier molecular flexibility index (Phi) is 3.28. The van der Waals surface area contributed by atoms with Gasteiger partial charge in [-0.3, -0.25) is 0 Å². The van der Waals surface area contributed by atoms with Crippen LogP contribution in [0.4, 0.5) is 0 Å². The Balaban J connectivity index is 1.88. The topological polar surface area (TPSA) is 18.5 Å². The maximum atomic E-state index is 5.18. The Morgan fingerprint density at radius 1 is 1.70 bits per heavy atom. The Morgan fingerprint density at radius 2 is 2.50 bits per heavy atom. The molecule has 1 atom stereocenters. The molecule has 1 fully saturated rings. The van der Waals surface area contributed by atoms with E-state index in [1.165, 1.54) is 0 Å². The van der Waals surface area contributed by atoms with Gasteiger partial charge in [-0.15, -0.1) is 5.92 Å². The molecule has 0 aromatic rings. The molecular weight excluding hydrogens is 128 g/mol. The van der Waals surface area contributed by atoms with Crippen molar-refractivity contribution in [3.8, 4) is 11.8 Å². The lowest BCUT2D eigenvalue weighted by Crippen LogP contribution is -2.31. The van der Waals surface area contributed by atoms with Crippen molar-refractivity contribution in [2.45, 2.75) is 19.4 Å². The van der Waals surface area contributed by atoms with Crippen molar-refractivity contribution < 1.29 is 9.47 Å². The first kappa shape index (κ1) is 7.59. The van der Waals surface area contributed by atoms with Gasteiger partial charge in [0.15, 0.2) is 0 Å². The van der Waals surface area contributed by atoms with Crippen LogP contribution in [-0.2, 0) is 9.47 Å². The van der Waals surface area contributed by atoms with Gasteiger partial charge in [0.25, 0.3) is 0 Å². The lowest BCUT2D eigenvalue weighted by Gasteiger charge is -2.25. The van der Waals surface area contributed by atoms with Gasteiger partial charge in [0.1, 0.15) is 6.61 Å². The number of hydrogen-bond donors (Lipinski definition) is 0. The molecule has 0 saturated carbocycles. The van der Waals surface area contributed by atoms with Crippen LogP contribution in [0.3, 0.4) is 0 Å². The van der Waals surface area contributed by atoms with E-state index in [2.05, 4.69) is 11.8 Å². The van der Waals surface area contributed by atoms with Crippen molar-refractivity contribution in [1.29, 1.82) is 0 Å². The van der Waals surface area contributed by atoms with Crippen LogP contribution in [-0.4, -0.2) is 25.9 Å². The van der Waals surface area contributed by atoms with Crippen molar-refractivity contribution >= 4 is 0 Å². The summed E-state index contributed by atoms with van der Waals surface area (Å²) in [5.41, 5.74) is 0. The lowest BCUT2D eigenvalue weighted by atomic mass is 10.2. The summed E-state index contributed by atoms with van der Waals surface area (Å²) < 4.78 is 10.3. The highest BCUT2D eigenvalue weighted by molar-refractivity contribution is 4.94. The summed E-state index contributed by atoms with van der Waals surface area (Å²) in [7, 11) is 0. The van der Waals surface area contributed by atoms with Gasteiger partial charge in [0.05, 0.1) is 12.7 Å². The summed E-state index contributed by atoms with van der Waals surface area (Å²) in [6.07, 6.45) is 1.48. The average molecular weight is 140 g/mol. The van der Waals surface area contributed by atoms with E-state index in [1.54, 1.807) is 0 Å². The SMILES string of the molecule is CC#CCOCC1CCO1. The van der Waals surface area contributed by atoms with E-state index in [4.69, 9.17) is 9.47 Å². The Morgan fingerprint density at radius 3 is 3.00 bits per heavy atom. The van der Waals surface area contributed by atoms with Crippen molar-refractivity contribution in [2.75, 3.05) is 19.8 Å². The van der Waals surface area contributed by atoms with Crippen molar-refractivity contribution in [2.24, 2.45) is 0 Å². The Hall–Kier alpha value is -0.520. The minimum Gasteiger partial charge on any atom is -0.376 e. The third-order valence-corrected chi connectivity index (χ3v) is 1.45. The molecule has 56 valence electrons. The molecule has 0 amide bonds. The highest BCUT2D eigenvalue weighted by Gasteiger charge is 2.17. The highest BCUT2D eigenvalue weighted by atomic mass is 16.5. The number of hydrogen-bond acceptors (Lipinski definition) is 2. The van der Waals surface area contributed by atoms with Gasteiger partial charge in [-0.1, -0.05) is 5.92 Å². The van der Waals surface area contributed by atoms with Crippen LogP contribution in [0, 0.1) is 11.8 Å². The maximum Gasteiger partial charge on any atom is 0.107 e. The summed E-state index contributed by atoms with van der Waals surface area (Å²) >= 11 is 0. The lowest BCUT2D eigenvalue weighted by molar-refractivity contribution is -0.0896. The van der Waals surface area contributed by atoms with E-state index in [0.29, 0.717) is 19.3 Å². The molecule has 2 nitrogen and oxygen atoms in total. The van der Waals surface area contributed by atoms with Crippen LogP contribution < -0.4 is 0 Å². The second-order valence-corrected chi connectivity index (χ2v) is 2.22. The molecule has 0 aliphatic carbocycles. The van der Waals surface area contributed by atoms with Crippen molar-refractivity contribution in [3.05, 3.63) is 0 Å². The molecule has 0 bridgehead atoms. The summed E-state index contributed by atoms with van der Waals surface area (Å²) in [6, 6.07) is 0. The van der Waals surface area contributed by atoms with E-state index >= 15 is 0 Å². The molecule has 1 aliphatic heterocycles. The summed E-state index contributed by atoms with van der Waals surface area (Å²) in [6.45, 7) is 3.95. The fraction of sp³-hybridized carbons (Fsp3) is 0.750. The molecule has 1 heterocycles. The molecule has 1 unspecified atom stereocenters. The third kappa shape index (κ3) is 2.38. The van der Waals surface area contributed by atoms with Gasteiger partial charge in [0.2, 0.25) is 0 Å². The summed E-state index contributed by atoms with van der Waals surface area (Å²) in [5, 5.41) is 0. The molecule has 0 radical (unpaired) electrons. The molecule has 1 saturated heterocycles. The summed E-state index contributed by atoms with van der Waals surface area (Å²) in [4.78, 5) is 0. The standard InChI is InChI=1S/C8H12O2/c1-2-3-5-9-7-8-4-6-10-8/h8H,4-7H2,1H3. The van der Waals surface area contributed by atoms with Crippen LogP contribution in [0.2, 0.25) is 0 Å². The van der Waals surface area contributed by atoms with E-state index in [1.807, 2.05) is 6.92 Å². The average Bonchev–Trinajstić information content (AvgIpc) is 1.84. The second-order valence-electron chi connectivity index (χ2n) is 2.22. The Bertz CT molecular complexity index is 139. The van der Waals surface area contributed by atoms with Crippen molar-refractivity contribution in [3.63, 3.8) is 0 Å². The predicted molar refractivity (Wildman–Crippen MR) is 38.6 cm³/mol. The summed E-state index contributed by atoms with van der Waals surface area (Å²) in [5.74, 6) is 5.59. The number of rotatable bonds is 3. The fourth-order valence-corrected chi connectivity index (χ4v) is 0.730. The molecule has 0 aromatic heterocycles. The first-order chi connectivity index (χ1) is 4.93. The molecule has 0 N–H and O–H groups in total. The number of ether oxygens (including phenoxy) is 2. The molecular formula is C8H12O2. The second kappa shape index (κ2) is 4.32. The third-order valence-electron chi connectivity index (χ3n) is 1.45. The van der Waals surface area contributed by atoms with Crippen LogP contribution in [0.1, 0.15) is 13.3 Å². The molecule has 10 heavy (non-hydrogen) atoms. The van der Waals surface area contributed by atoms with E-state index < -0.39 is 0 Å². The highest BCUT2D eigenvalue weighted by Crippen LogP contribution is 2.10. The molecule has 1 aliphatic rings. The molecule has 0 aromatic carbocycles. The first-order valence-electron chi connectivity index (χ1n) is 3.52. The van der Waals surface area contributed by atoms with Gasteiger partial charge in [-0.2, -0.15) is 0 Å².